The SMILES string of the molecule is COc1cc2c(cc1O)C1(O)Cc3ccc4c(c3C1N(C)CC2)OCO4. The number of aliphatic hydroxyl groups is 1. The highest BCUT2D eigenvalue weighted by atomic mass is 16.7. The Morgan fingerprint density at radius 3 is 2.88 bits per heavy atom. The summed E-state index contributed by atoms with van der Waals surface area (Å²) in [7, 11) is 3.55. The molecule has 0 amide bonds. The molecule has 0 radical (unpaired) electrons. The lowest BCUT2D eigenvalue weighted by atomic mass is 9.84. The lowest BCUT2D eigenvalue weighted by Crippen LogP contribution is -2.39. The van der Waals surface area contributed by atoms with Gasteiger partial charge in [0.1, 0.15) is 5.60 Å². The molecule has 0 saturated carbocycles. The van der Waals surface area contributed by atoms with Crippen LogP contribution in [0, 0.1) is 0 Å². The van der Waals surface area contributed by atoms with E-state index in [4.69, 9.17) is 14.2 Å². The third-order valence-corrected chi connectivity index (χ3v) is 5.90. The van der Waals surface area contributed by atoms with Crippen molar-refractivity contribution in [3.8, 4) is 23.0 Å². The zero-order valence-electron chi connectivity index (χ0n) is 14.8. The van der Waals surface area contributed by atoms with Gasteiger partial charge in [-0.15, -0.1) is 0 Å². The maximum Gasteiger partial charge on any atom is 0.231 e. The second-order valence-electron chi connectivity index (χ2n) is 7.29. The lowest BCUT2D eigenvalue weighted by molar-refractivity contribution is -0.0310. The fraction of sp³-hybridized carbons (Fsp3) is 0.400. The molecule has 0 saturated heterocycles. The summed E-state index contributed by atoms with van der Waals surface area (Å²) in [4.78, 5) is 2.16. The van der Waals surface area contributed by atoms with Crippen molar-refractivity contribution in [1.29, 1.82) is 0 Å². The molecule has 1 aliphatic carbocycles. The van der Waals surface area contributed by atoms with Gasteiger partial charge in [0, 0.05) is 18.5 Å². The van der Waals surface area contributed by atoms with Crippen molar-refractivity contribution in [2.75, 3.05) is 27.5 Å². The maximum atomic E-state index is 11.9. The molecular formula is C20H21NO5. The molecule has 3 aliphatic rings. The number of phenols is 1. The molecule has 2 unspecified atom stereocenters. The number of ether oxygens (including phenoxy) is 3. The molecule has 0 fully saturated rings. The maximum absolute atomic E-state index is 11.9. The van der Waals surface area contributed by atoms with E-state index in [1.54, 1.807) is 6.07 Å². The summed E-state index contributed by atoms with van der Waals surface area (Å²) in [5.74, 6) is 1.94. The van der Waals surface area contributed by atoms with E-state index in [0.717, 1.165) is 46.7 Å². The minimum atomic E-state index is -1.15. The van der Waals surface area contributed by atoms with Gasteiger partial charge in [0.2, 0.25) is 6.79 Å². The van der Waals surface area contributed by atoms with Crippen molar-refractivity contribution in [2.24, 2.45) is 0 Å². The van der Waals surface area contributed by atoms with E-state index in [0.29, 0.717) is 12.2 Å². The number of benzene rings is 2. The number of nitrogens with zero attached hydrogens (tertiary/aromatic N) is 1. The van der Waals surface area contributed by atoms with E-state index in [2.05, 4.69) is 4.90 Å². The normalized spacial score (nSPS) is 26.0. The molecule has 0 spiro atoms. The molecule has 2 aliphatic heterocycles. The van der Waals surface area contributed by atoms with Crippen molar-refractivity contribution in [3.63, 3.8) is 0 Å². The Morgan fingerprint density at radius 2 is 2.08 bits per heavy atom. The van der Waals surface area contributed by atoms with Crippen LogP contribution in [0.3, 0.4) is 0 Å². The van der Waals surface area contributed by atoms with Gasteiger partial charge in [0.05, 0.1) is 13.2 Å². The first-order valence-corrected chi connectivity index (χ1v) is 8.77. The third kappa shape index (κ3) is 1.94. The number of phenolic OH excluding ortho intramolecular Hbond substituents is 1. The van der Waals surface area contributed by atoms with Gasteiger partial charge in [-0.25, -0.2) is 0 Å². The number of methoxy groups -OCH3 is 1. The summed E-state index contributed by atoms with van der Waals surface area (Å²) < 4.78 is 16.5. The monoisotopic (exact) mass is 355 g/mol. The molecule has 5 rings (SSSR count). The average Bonchev–Trinajstić information content (AvgIpc) is 3.19. The number of fused-ring (bicyclic) bond motifs is 7. The van der Waals surface area contributed by atoms with E-state index < -0.39 is 5.60 Å². The first-order chi connectivity index (χ1) is 12.5. The van der Waals surface area contributed by atoms with Gasteiger partial charge in [-0.2, -0.15) is 0 Å². The van der Waals surface area contributed by atoms with Gasteiger partial charge in [-0.3, -0.25) is 4.90 Å². The van der Waals surface area contributed by atoms with Crippen LogP contribution in [-0.2, 0) is 18.4 Å². The summed E-state index contributed by atoms with van der Waals surface area (Å²) >= 11 is 0. The predicted octanol–water partition coefficient (Wildman–Crippen LogP) is 2.10. The Balaban J connectivity index is 1.73. The first kappa shape index (κ1) is 15.8. The average molecular weight is 355 g/mol. The fourth-order valence-electron chi connectivity index (χ4n) is 4.75. The van der Waals surface area contributed by atoms with Gasteiger partial charge >= 0.3 is 0 Å². The summed E-state index contributed by atoms with van der Waals surface area (Å²) in [6.45, 7) is 0.979. The molecule has 2 heterocycles. The smallest absolute Gasteiger partial charge is 0.231 e. The fourth-order valence-corrected chi connectivity index (χ4v) is 4.75. The van der Waals surface area contributed by atoms with E-state index in [1.807, 2.05) is 25.2 Å². The molecule has 26 heavy (non-hydrogen) atoms. The van der Waals surface area contributed by atoms with Crippen LogP contribution in [-0.4, -0.2) is 42.6 Å². The standard InChI is InChI=1S/C20H21NO5/c1-21-6-5-11-7-16(24-2)14(22)8-13(11)20(23)9-12-3-4-15-18(26-10-25-15)17(12)19(20)21/h3-4,7-8,19,22-23H,5-6,9-10H2,1-2H3. The first-order valence-electron chi connectivity index (χ1n) is 8.77. The van der Waals surface area contributed by atoms with Gasteiger partial charge < -0.3 is 24.4 Å². The summed E-state index contributed by atoms with van der Waals surface area (Å²) in [6.07, 6.45) is 1.23. The quantitative estimate of drug-likeness (QED) is 0.816. The Labute approximate surface area is 151 Å². The van der Waals surface area contributed by atoms with Gasteiger partial charge in [0.15, 0.2) is 23.0 Å². The van der Waals surface area contributed by atoms with Gasteiger partial charge in [-0.1, -0.05) is 6.07 Å². The van der Waals surface area contributed by atoms with Crippen molar-refractivity contribution < 1.29 is 24.4 Å². The minimum absolute atomic E-state index is 0.0451. The second kappa shape index (κ2) is 5.28. The summed E-state index contributed by atoms with van der Waals surface area (Å²) in [5.41, 5.74) is 2.66. The van der Waals surface area contributed by atoms with Crippen LogP contribution < -0.4 is 14.2 Å². The van der Waals surface area contributed by atoms with Crippen molar-refractivity contribution in [2.45, 2.75) is 24.5 Å². The Morgan fingerprint density at radius 1 is 1.23 bits per heavy atom. The Hall–Kier alpha value is -2.44. The van der Waals surface area contributed by atoms with Crippen molar-refractivity contribution >= 4 is 0 Å². The number of hydrogen-bond donors (Lipinski definition) is 2. The highest BCUT2D eigenvalue weighted by Crippen LogP contribution is 2.57. The number of likely N-dealkylation sites (N-methyl/N-ethyl adjacent to an activating group) is 1. The Bertz CT molecular complexity index is 912. The molecule has 136 valence electrons. The zero-order chi connectivity index (χ0) is 18.1. The summed E-state index contributed by atoms with van der Waals surface area (Å²) in [5, 5.41) is 22.2. The van der Waals surface area contributed by atoms with Gasteiger partial charge in [0.25, 0.3) is 0 Å². The number of hydrogen-bond acceptors (Lipinski definition) is 6. The van der Waals surface area contributed by atoms with Crippen LogP contribution in [0.2, 0.25) is 0 Å². The Kier molecular flexibility index (Phi) is 3.21. The summed E-state index contributed by atoms with van der Waals surface area (Å²) in [6, 6.07) is 7.15. The zero-order valence-corrected chi connectivity index (χ0v) is 14.8. The van der Waals surface area contributed by atoms with Crippen LogP contribution in [0.1, 0.15) is 28.3 Å². The second-order valence-corrected chi connectivity index (χ2v) is 7.29. The molecule has 2 atom stereocenters. The molecule has 0 bridgehead atoms. The van der Waals surface area contributed by atoms with E-state index in [-0.39, 0.29) is 18.6 Å². The molecular weight excluding hydrogens is 334 g/mol. The largest absolute Gasteiger partial charge is 0.504 e. The molecule has 6 nitrogen and oxygen atoms in total. The minimum Gasteiger partial charge on any atom is -0.504 e. The third-order valence-electron chi connectivity index (χ3n) is 5.90. The predicted molar refractivity (Wildman–Crippen MR) is 93.9 cm³/mol. The molecule has 0 aromatic heterocycles. The molecule has 2 aromatic carbocycles. The van der Waals surface area contributed by atoms with Gasteiger partial charge in [-0.05, 0) is 48.4 Å². The highest BCUT2D eigenvalue weighted by Gasteiger charge is 2.52. The van der Waals surface area contributed by atoms with Crippen LogP contribution in [0.15, 0.2) is 24.3 Å². The lowest BCUT2D eigenvalue weighted by Gasteiger charge is -2.35. The molecule has 2 N–H and O–H groups in total. The highest BCUT2D eigenvalue weighted by molar-refractivity contribution is 5.60. The van der Waals surface area contributed by atoms with Crippen molar-refractivity contribution in [3.05, 3.63) is 46.5 Å². The van der Waals surface area contributed by atoms with E-state index >= 15 is 0 Å². The van der Waals surface area contributed by atoms with Crippen LogP contribution in [0.5, 0.6) is 23.0 Å². The number of rotatable bonds is 1. The van der Waals surface area contributed by atoms with Crippen LogP contribution >= 0.6 is 0 Å². The molecule has 2 aromatic rings. The van der Waals surface area contributed by atoms with E-state index in [9.17, 15) is 10.2 Å². The van der Waals surface area contributed by atoms with Crippen LogP contribution in [0.4, 0.5) is 0 Å². The topological polar surface area (TPSA) is 71.4 Å². The van der Waals surface area contributed by atoms with Crippen molar-refractivity contribution in [1.82, 2.24) is 4.90 Å². The number of aromatic hydroxyl groups is 1. The van der Waals surface area contributed by atoms with E-state index in [1.165, 1.54) is 7.11 Å². The molecule has 6 heteroatoms. The van der Waals surface area contributed by atoms with Crippen LogP contribution in [0.25, 0.3) is 0 Å².